The van der Waals surface area contributed by atoms with E-state index in [0.29, 0.717) is 31.1 Å². The van der Waals surface area contributed by atoms with Crippen LogP contribution >= 0.6 is 0 Å². The lowest BCUT2D eigenvalue weighted by atomic mass is 9.97. The monoisotopic (exact) mass is 362 g/mol. The quantitative estimate of drug-likeness (QED) is 0.498. The van der Waals surface area contributed by atoms with E-state index < -0.39 is 0 Å². The zero-order chi connectivity index (χ0) is 18.6. The van der Waals surface area contributed by atoms with Gasteiger partial charge in [-0.25, -0.2) is 0 Å². The number of hydrogen-bond acceptors (Lipinski definition) is 6. The molecule has 0 aromatic heterocycles. The molecule has 0 radical (unpaired) electrons. The van der Waals surface area contributed by atoms with Crippen molar-refractivity contribution >= 4 is 0 Å². The van der Waals surface area contributed by atoms with Gasteiger partial charge in [0.1, 0.15) is 24.7 Å². The highest BCUT2D eigenvalue weighted by atomic mass is 16.5. The Labute approximate surface area is 153 Å². The molecule has 2 rings (SSSR count). The second-order valence-electron chi connectivity index (χ2n) is 5.54. The van der Waals surface area contributed by atoms with E-state index in [1.807, 2.05) is 42.5 Å². The van der Waals surface area contributed by atoms with Gasteiger partial charge >= 0.3 is 0 Å². The molecule has 2 aromatic carbocycles. The summed E-state index contributed by atoms with van der Waals surface area (Å²) in [6, 6.07) is 13.4. The molecular formula is C20H26O6. The van der Waals surface area contributed by atoms with Crippen molar-refractivity contribution in [2.45, 2.75) is 6.42 Å². The van der Waals surface area contributed by atoms with Gasteiger partial charge in [-0.1, -0.05) is 24.3 Å². The first-order valence-corrected chi connectivity index (χ1v) is 8.68. The van der Waals surface area contributed by atoms with Gasteiger partial charge in [0.2, 0.25) is 0 Å². The minimum atomic E-state index is -0.0540. The largest absolute Gasteiger partial charge is 0.491 e. The van der Waals surface area contributed by atoms with Crippen LogP contribution in [-0.2, 0) is 11.2 Å². The molecule has 0 heterocycles. The van der Waals surface area contributed by atoms with Gasteiger partial charge in [0.15, 0.2) is 0 Å². The number of aliphatic hydroxyl groups excluding tert-OH is 3. The smallest absolute Gasteiger partial charge is 0.123 e. The van der Waals surface area contributed by atoms with Crippen LogP contribution in [0.2, 0.25) is 0 Å². The fourth-order valence-electron chi connectivity index (χ4n) is 2.62. The molecule has 3 N–H and O–H groups in total. The van der Waals surface area contributed by atoms with E-state index in [9.17, 15) is 0 Å². The lowest BCUT2D eigenvalue weighted by molar-refractivity contribution is 0.0940. The van der Waals surface area contributed by atoms with Crippen molar-refractivity contribution in [1.29, 1.82) is 0 Å². The fraction of sp³-hybridized carbons (Fsp3) is 0.400. The summed E-state index contributed by atoms with van der Waals surface area (Å²) in [6.07, 6.45) is 0.625. The maximum Gasteiger partial charge on any atom is 0.123 e. The van der Waals surface area contributed by atoms with E-state index in [4.69, 9.17) is 29.5 Å². The highest BCUT2D eigenvalue weighted by Gasteiger charge is 2.12. The van der Waals surface area contributed by atoms with Crippen LogP contribution < -0.4 is 9.47 Å². The molecular weight excluding hydrogens is 336 g/mol. The van der Waals surface area contributed by atoms with Crippen molar-refractivity contribution in [3.05, 3.63) is 48.0 Å². The van der Waals surface area contributed by atoms with Gasteiger partial charge in [0.25, 0.3) is 0 Å². The molecule has 0 aliphatic carbocycles. The van der Waals surface area contributed by atoms with Crippen LogP contribution in [0.15, 0.2) is 42.5 Å². The summed E-state index contributed by atoms with van der Waals surface area (Å²) in [5.74, 6) is 1.41. The van der Waals surface area contributed by atoms with Gasteiger partial charge in [-0.3, -0.25) is 0 Å². The van der Waals surface area contributed by atoms with Crippen molar-refractivity contribution in [3.8, 4) is 22.6 Å². The van der Waals surface area contributed by atoms with Crippen molar-refractivity contribution in [2.75, 3.05) is 46.2 Å². The number of hydrogen-bond donors (Lipinski definition) is 3. The Kier molecular flexibility index (Phi) is 8.92. The maximum absolute atomic E-state index is 9.04. The Balaban J connectivity index is 2.24. The molecule has 0 aliphatic heterocycles. The predicted molar refractivity (Wildman–Crippen MR) is 98.6 cm³/mol. The molecule has 0 saturated heterocycles. The molecule has 0 fully saturated rings. The van der Waals surface area contributed by atoms with Crippen molar-refractivity contribution in [2.24, 2.45) is 0 Å². The van der Waals surface area contributed by atoms with Gasteiger partial charge in [0, 0.05) is 12.0 Å². The second kappa shape index (κ2) is 11.5. The SMILES string of the molecule is OCCOCCc1c(OCCO)cccc1-c1ccc(OCCO)cc1. The van der Waals surface area contributed by atoms with E-state index in [2.05, 4.69) is 0 Å². The molecule has 0 bridgehead atoms. The van der Waals surface area contributed by atoms with Gasteiger partial charge in [-0.05, 0) is 29.3 Å². The van der Waals surface area contributed by atoms with Crippen LogP contribution in [0.1, 0.15) is 5.56 Å². The molecule has 0 amide bonds. The maximum atomic E-state index is 9.04. The first-order chi connectivity index (χ1) is 12.8. The third-order valence-electron chi connectivity index (χ3n) is 3.74. The van der Waals surface area contributed by atoms with Crippen LogP contribution in [0, 0.1) is 0 Å². The highest BCUT2D eigenvalue weighted by Crippen LogP contribution is 2.32. The average Bonchev–Trinajstić information content (AvgIpc) is 2.69. The molecule has 142 valence electrons. The minimum Gasteiger partial charge on any atom is -0.491 e. The first-order valence-electron chi connectivity index (χ1n) is 8.68. The van der Waals surface area contributed by atoms with Crippen LogP contribution in [0.3, 0.4) is 0 Å². The molecule has 6 heteroatoms. The van der Waals surface area contributed by atoms with E-state index in [-0.39, 0.29) is 33.0 Å². The van der Waals surface area contributed by atoms with E-state index in [0.717, 1.165) is 16.7 Å². The number of rotatable bonds is 12. The Morgan fingerprint density at radius 2 is 1.38 bits per heavy atom. The van der Waals surface area contributed by atoms with Gasteiger partial charge in [-0.15, -0.1) is 0 Å². The molecule has 0 aliphatic rings. The third kappa shape index (κ3) is 6.00. The summed E-state index contributed by atoms with van der Waals surface area (Å²) < 4.78 is 16.5. The molecule has 26 heavy (non-hydrogen) atoms. The first kappa shape index (κ1) is 20.2. The number of aliphatic hydroxyl groups is 3. The Morgan fingerprint density at radius 3 is 2.08 bits per heavy atom. The van der Waals surface area contributed by atoms with E-state index in [1.54, 1.807) is 0 Å². The average molecular weight is 362 g/mol. The zero-order valence-electron chi connectivity index (χ0n) is 14.8. The van der Waals surface area contributed by atoms with E-state index >= 15 is 0 Å². The van der Waals surface area contributed by atoms with Crippen molar-refractivity contribution < 1.29 is 29.5 Å². The van der Waals surface area contributed by atoms with Gasteiger partial charge in [-0.2, -0.15) is 0 Å². The predicted octanol–water partition coefficient (Wildman–Crippen LogP) is 1.65. The molecule has 2 aromatic rings. The summed E-state index contributed by atoms with van der Waals surface area (Å²) in [5, 5.41) is 26.7. The molecule has 0 unspecified atom stereocenters. The number of ether oxygens (including phenoxy) is 3. The summed E-state index contributed by atoms with van der Waals surface area (Å²) in [7, 11) is 0. The summed E-state index contributed by atoms with van der Waals surface area (Å²) in [5.41, 5.74) is 3.01. The van der Waals surface area contributed by atoms with Crippen molar-refractivity contribution in [3.63, 3.8) is 0 Å². The normalized spacial score (nSPS) is 10.7. The molecule has 6 nitrogen and oxygen atoms in total. The summed E-state index contributed by atoms with van der Waals surface area (Å²) in [6.45, 7) is 1.16. The third-order valence-corrected chi connectivity index (χ3v) is 3.74. The van der Waals surface area contributed by atoms with Crippen LogP contribution in [0.5, 0.6) is 11.5 Å². The number of benzene rings is 2. The second-order valence-corrected chi connectivity index (χ2v) is 5.54. The fourth-order valence-corrected chi connectivity index (χ4v) is 2.62. The van der Waals surface area contributed by atoms with Gasteiger partial charge < -0.3 is 29.5 Å². The molecule has 0 spiro atoms. The molecule has 0 saturated carbocycles. The Bertz CT molecular complexity index is 641. The standard InChI is InChI=1S/C20H26O6/c21-9-13-24-12-8-19-18(2-1-3-20(19)26-15-11-23)16-4-6-17(7-5-16)25-14-10-22/h1-7,21-23H,8-15H2. The summed E-state index contributed by atoms with van der Waals surface area (Å²) >= 11 is 0. The molecule has 0 atom stereocenters. The van der Waals surface area contributed by atoms with Gasteiger partial charge in [0.05, 0.1) is 33.0 Å². The highest BCUT2D eigenvalue weighted by molar-refractivity contribution is 5.70. The lowest BCUT2D eigenvalue weighted by Gasteiger charge is -2.16. The van der Waals surface area contributed by atoms with Crippen LogP contribution in [0.4, 0.5) is 0 Å². The topological polar surface area (TPSA) is 88.4 Å². The Hall–Kier alpha value is -2.12. The van der Waals surface area contributed by atoms with E-state index in [1.165, 1.54) is 0 Å². The van der Waals surface area contributed by atoms with Crippen molar-refractivity contribution in [1.82, 2.24) is 0 Å². The van der Waals surface area contributed by atoms with Crippen LogP contribution in [0.25, 0.3) is 11.1 Å². The summed E-state index contributed by atoms with van der Waals surface area (Å²) in [4.78, 5) is 0. The zero-order valence-corrected chi connectivity index (χ0v) is 14.8. The Morgan fingerprint density at radius 1 is 0.692 bits per heavy atom. The lowest BCUT2D eigenvalue weighted by Crippen LogP contribution is -2.08. The van der Waals surface area contributed by atoms with Crippen LogP contribution in [-0.4, -0.2) is 61.6 Å². The minimum absolute atomic E-state index is 0.00911.